The molecule has 140 valence electrons. The molecule has 4 aromatic rings. The highest BCUT2D eigenvalue weighted by atomic mass is 79.9. The highest BCUT2D eigenvalue weighted by molar-refractivity contribution is 9.10. The zero-order valence-electron chi connectivity index (χ0n) is 14.8. The van der Waals surface area contributed by atoms with Crippen molar-refractivity contribution >= 4 is 48.6 Å². The van der Waals surface area contributed by atoms with Crippen LogP contribution in [-0.2, 0) is 12.8 Å². The van der Waals surface area contributed by atoms with E-state index in [2.05, 4.69) is 61.1 Å². The van der Waals surface area contributed by atoms with Gasteiger partial charge in [0.1, 0.15) is 20.4 Å². The highest BCUT2D eigenvalue weighted by Gasteiger charge is 2.22. The molecule has 0 aliphatic rings. The summed E-state index contributed by atoms with van der Waals surface area (Å²) in [5.41, 5.74) is 3.39. The Hall–Kier alpha value is -2.26. The first kappa shape index (κ1) is 19.5. The third kappa shape index (κ3) is 3.89. The molecule has 4 rings (SSSR count). The molecular formula is C18H17Br2N5O2. The molecule has 9 heteroatoms. The fraction of sp³-hybridized carbons (Fsp3) is 0.222. The number of fused-ring (bicyclic) bond motifs is 2. The molecule has 0 aliphatic heterocycles. The van der Waals surface area contributed by atoms with E-state index in [1.165, 1.54) is 4.52 Å². The van der Waals surface area contributed by atoms with Gasteiger partial charge in [-0.3, -0.25) is 10.1 Å². The van der Waals surface area contributed by atoms with Gasteiger partial charge in [-0.1, -0.05) is 26.0 Å². The van der Waals surface area contributed by atoms with Crippen LogP contribution >= 0.6 is 31.9 Å². The molecule has 7 nitrogen and oxygen atoms in total. The van der Waals surface area contributed by atoms with E-state index < -0.39 is 0 Å². The zero-order chi connectivity index (χ0) is 19.6. The number of rotatable bonds is 3. The highest BCUT2D eigenvalue weighted by Crippen LogP contribution is 2.27. The first-order valence-electron chi connectivity index (χ1n) is 8.40. The second kappa shape index (κ2) is 8.18. The van der Waals surface area contributed by atoms with Gasteiger partial charge < -0.3 is 0 Å². The summed E-state index contributed by atoms with van der Waals surface area (Å²) >= 11 is 6.74. The van der Waals surface area contributed by atoms with Gasteiger partial charge >= 0.3 is 5.69 Å². The van der Waals surface area contributed by atoms with Gasteiger partial charge in [-0.15, -0.1) is 0 Å². The maximum Gasteiger partial charge on any atom is 0.317 e. The molecule has 0 amide bonds. The first-order chi connectivity index (χ1) is 13.0. The minimum atomic E-state index is -0.381. The summed E-state index contributed by atoms with van der Waals surface area (Å²) in [6.45, 7) is 3.96. The predicted molar refractivity (Wildman–Crippen MR) is 111 cm³/mol. The van der Waals surface area contributed by atoms with Gasteiger partial charge in [-0.25, -0.2) is 9.03 Å². The third-order valence-corrected chi connectivity index (χ3v) is 5.23. The van der Waals surface area contributed by atoms with Gasteiger partial charge in [0.25, 0.3) is 0 Å². The van der Waals surface area contributed by atoms with Gasteiger partial charge in [-0.05, 0) is 75.0 Å². The van der Waals surface area contributed by atoms with Crippen LogP contribution in [0.2, 0.25) is 0 Å². The Bertz CT molecular complexity index is 1120. The normalized spacial score (nSPS) is 10.8. The van der Waals surface area contributed by atoms with Crippen molar-refractivity contribution in [3.63, 3.8) is 0 Å². The number of aryl methyl sites for hydroxylation is 2. The van der Waals surface area contributed by atoms with Crippen LogP contribution in [0, 0.1) is 10.1 Å². The molecule has 0 radical (unpaired) electrons. The van der Waals surface area contributed by atoms with Gasteiger partial charge in [0, 0.05) is 0 Å². The fourth-order valence-corrected chi connectivity index (χ4v) is 3.57. The van der Waals surface area contributed by atoms with E-state index in [4.69, 9.17) is 0 Å². The molecule has 0 saturated carbocycles. The van der Waals surface area contributed by atoms with Crippen molar-refractivity contribution in [1.29, 1.82) is 0 Å². The van der Waals surface area contributed by atoms with Crippen molar-refractivity contribution in [2.75, 3.05) is 0 Å². The van der Waals surface area contributed by atoms with Crippen LogP contribution in [0.3, 0.4) is 0 Å². The Kier molecular flexibility index (Phi) is 5.91. The van der Waals surface area contributed by atoms with Crippen LogP contribution in [0.15, 0.2) is 51.7 Å². The van der Waals surface area contributed by atoms with E-state index >= 15 is 0 Å². The van der Waals surface area contributed by atoms with E-state index in [-0.39, 0.29) is 10.6 Å². The van der Waals surface area contributed by atoms with Crippen molar-refractivity contribution in [3.05, 3.63) is 73.2 Å². The summed E-state index contributed by atoms with van der Waals surface area (Å²) in [7, 11) is 0. The maximum atomic E-state index is 10.9. The third-order valence-electron chi connectivity index (χ3n) is 4.03. The smallest absolute Gasteiger partial charge is 0.258 e. The molecule has 0 atom stereocenters. The number of hydrogen-bond donors (Lipinski definition) is 0. The molecule has 0 saturated heterocycles. The van der Waals surface area contributed by atoms with Gasteiger partial charge in [0.05, 0.1) is 16.1 Å². The van der Waals surface area contributed by atoms with Crippen LogP contribution in [0.1, 0.15) is 25.2 Å². The Balaban J connectivity index is 0.000000159. The number of nitro groups is 1. The number of hydrogen-bond acceptors (Lipinski definition) is 4. The molecular weight excluding hydrogens is 478 g/mol. The molecule has 0 N–H and O–H groups in total. The maximum absolute atomic E-state index is 10.9. The topological polar surface area (TPSA) is 77.7 Å². The molecule has 0 bridgehead atoms. The van der Waals surface area contributed by atoms with Crippen LogP contribution in [-0.4, -0.2) is 24.2 Å². The van der Waals surface area contributed by atoms with E-state index in [9.17, 15) is 10.1 Å². The van der Waals surface area contributed by atoms with Crippen LogP contribution in [0.4, 0.5) is 5.69 Å². The summed E-state index contributed by atoms with van der Waals surface area (Å²) in [6.07, 6.45) is 1.53. The molecule has 27 heavy (non-hydrogen) atoms. The molecule has 0 spiro atoms. The average Bonchev–Trinajstić information content (AvgIpc) is 3.24. The molecule has 0 fully saturated rings. The number of halogens is 2. The van der Waals surface area contributed by atoms with Crippen LogP contribution in [0.5, 0.6) is 0 Å². The van der Waals surface area contributed by atoms with Gasteiger partial charge in [0.15, 0.2) is 0 Å². The minimum Gasteiger partial charge on any atom is -0.258 e. The van der Waals surface area contributed by atoms with E-state index in [0.29, 0.717) is 22.2 Å². The lowest BCUT2D eigenvalue weighted by atomic mass is 10.2. The molecule has 4 aromatic heterocycles. The Labute approximate surface area is 172 Å². The van der Waals surface area contributed by atoms with Crippen molar-refractivity contribution < 1.29 is 4.92 Å². The Morgan fingerprint density at radius 3 is 2.26 bits per heavy atom. The minimum absolute atomic E-state index is 0.0961. The lowest BCUT2D eigenvalue weighted by Gasteiger charge is -1.93. The Morgan fingerprint density at radius 2 is 1.67 bits per heavy atom. The van der Waals surface area contributed by atoms with E-state index in [0.717, 1.165) is 22.2 Å². The standard InChI is InChI=1S/C9H8BrN3O2.C9H9BrN2/c1-2-6-9(13(14)15)7-4-3-5-8(10)12(7)11-6;1-2-7-6-8-4-3-5-9(10)12(8)11-7/h3-5H,2H2,1H3;3-6H,2H2,1H3. The Morgan fingerprint density at radius 1 is 1.00 bits per heavy atom. The monoisotopic (exact) mass is 493 g/mol. The van der Waals surface area contributed by atoms with Crippen molar-refractivity contribution in [2.45, 2.75) is 26.7 Å². The second-order valence-corrected chi connectivity index (χ2v) is 7.35. The molecule has 0 unspecified atom stereocenters. The van der Waals surface area contributed by atoms with Crippen LogP contribution < -0.4 is 0 Å². The van der Waals surface area contributed by atoms with Gasteiger partial charge in [0.2, 0.25) is 0 Å². The fourth-order valence-electron chi connectivity index (χ4n) is 2.71. The van der Waals surface area contributed by atoms with E-state index in [1.54, 1.807) is 18.2 Å². The number of aromatic nitrogens is 4. The largest absolute Gasteiger partial charge is 0.317 e. The van der Waals surface area contributed by atoms with Crippen molar-refractivity contribution in [1.82, 2.24) is 19.2 Å². The zero-order valence-corrected chi connectivity index (χ0v) is 17.9. The SMILES string of the molecule is CCc1cc2cccc(Br)n2n1.CCc1nn2c(Br)cccc2c1[N+](=O)[O-]. The lowest BCUT2D eigenvalue weighted by molar-refractivity contribution is -0.383. The summed E-state index contributed by atoms with van der Waals surface area (Å²) in [5, 5.41) is 19.5. The van der Waals surface area contributed by atoms with Crippen LogP contribution in [0.25, 0.3) is 11.0 Å². The van der Waals surface area contributed by atoms with Gasteiger partial charge in [-0.2, -0.15) is 10.2 Å². The number of pyridine rings is 2. The summed E-state index contributed by atoms with van der Waals surface area (Å²) in [6, 6.07) is 13.4. The summed E-state index contributed by atoms with van der Waals surface area (Å²) < 4.78 is 5.15. The average molecular weight is 495 g/mol. The van der Waals surface area contributed by atoms with Crippen molar-refractivity contribution in [2.24, 2.45) is 0 Å². The second-order valence-electron chi connectivity index (χ2n) is 5.73. The molecule has 0 aromatic carbocycles. The quantitative estimate of drug-likeness (QED) is 0.222. The number of nitrogens with zero attached hydrogens (tertiary/aromatic N) is 5. The molecule has 0 aliphatic carbocycles. The van der Waals surface area contributed by atoms with Crippen molar-refractivity contribution in [3.8, 4) is 0 Å². The summed E-state index contributed by atoms with van der Waals surface area (Å²) in [5.74, 6) is 0. The van der Waals surface area contributed by atoms with E-state index in [1.807, 2.05) is 23.6 Å². The predicted octanol–water partition coefficient (Wildman–Crippen LogP) is 5.23. The first-order valence-corrected chi connectivity index (χ1v) is 9.98. The summed E-state index contributed by atoms with van der Waals surface area (Å²) in [4.78, 5) is 10.5. The lowest BCUT2D eigenvalue weighted by Crippen LogP contribution is -1.91. The molecule has 4 heterocycles.